The fraction of sp³-hybridized carbons (Fsp3) is 0.304. The quantitative estimate of drug-likeness (QED) is 0.514. The molecular formula is C23H25ClFN3O5. The van der Waals surface area contributed by atoms with Gasteiger partial charge in [-0.1, -0.05) is 23.7 Å². The van der Waals surface area contributed by atoms with Crippen LogP contribution in [-0.4, -0.2) is 55.4 Å². The van der Waals surface area contributed by atoms with Gasteiger partial charge >= 0.3 is 6.03 Å². The highest BCUT2D eigenvalue weighted by Crippen LogP contribution is 2.33. The van der Waals surface area contributed by atoms with Crippen LogP contribution in [0.2, 0.25) is 5.02 Å². The van der Waals surface area contributed by atoms with Crippen LogP contribution in [0.25, 0.3) is 0 Å². The molecule has 2 aromatic rings. The molecule has 0 radical (unpaired) electrons. The third-order valence-corrected chi connectivity index (χ3v) is 5.31. The number of amides is 3. The van der Waals surface area contributed by atoms with E-state index in [9.17, 15) is 14.0 Å². The number of nitrogens with zero attached hydrogens (tertiary/aromatic N) is 1. The standard InChI is InChI=1S/C23H25ClFN3O5/c1-14-11-18(24)20(33-10-8-29)12-19(14)26-22(30)17-13-28(7-9-32-2)23(31)27-21(17)15-3-5-16(25)6-4-15/h3-6,11-13,21,29H,7-10H2,1-2H3,(H,26,30)(H,27,31)/t21-/m0/s1. The molecule has 0 spiro atoms. The van der Waals surface area contributed by atoms with Gasteiger partial charge in [-0.3, -0.25) is 9.69 Å². The summed E-state index contributed by atoms with van der Waals surface area (Å²) >= 11 is 6.19. The Morgan fingerprint density at radius 2 is 2.00 bits per heavy atom. The van der Waals surface area contributed by atoms with Crippen molar-refractivity contribution in [3.63, 3.8) is 0 Å². The number of anilines is 1. The first kappa shape index (κ1) is 24.5. The van der Waals surface area contributed by atoms with Crippen LogP contribution in [0.1, 0.15) is 17.2 Å². The molecule has 3 N–H and O–H groups in total. The Morgan fingerprint density at radius 3 is 2.67 bits per heavy atom. The van der Waals surface area contributed by atoms with Gasteiger partial charge in [0.25, 0.3) is 5.91 Å². The summed E-state index contributed by atoms with van der Waals surface area (Å²) in [5.41, 5.74) is 1.96. The molecule has 33 heavy (non-hydrogen) atoms. The second-order valence-corrected chi connectivity index (χ2v) is 7.74. The van der Waals surface area contributed by atoms with Gasteiger partial charge < -0.3 is 25.2 Å². The van der Waals surface area contributed by atoms with Gasteiger partial charge in [-0.2, -0.15) is 0 Å². The Hall–Kier alpha value is -3.14. The molecule has 0 fully saturated rings. The van der Waals surface area contributed by atoms with Gasteiger partial charge in [-0.05, 0) is 36.2 Å². The fourth-order valence-corrected chi connectivity index (χ4v) is 3.57. The third-order valence-electron chi connectivity index (χ3n) is 5.01. The van der Waals surface area contributed by atoms with E-state index < -0.39 is 23.8 Å². The summed E-state index contributed by atoms with van der Waals surface area (Å²) in [5, 5.41) is 15.0. The Bertz CT molecular complexity index is 1050. The highest BCUT2D eigenvalue weighted by Gasteiger charge is 2.32. The minimum absolute atomic E-state index is 0.0501. The Labute approximate surface area is 195 Å². The fourth-order valence-electron chi connectivity index (χ4n) is 3.30. The van der Waals surface area contributed by atoms with Gasteiger partial charge in [0.15, 0.2) is 0 Å². The number of methoxy groups -OCH3 is 1. The molecule has 0 aromatic heterocycles. The lowest BCUT2D eigenvalue weighted by atomic mass is 9.96. The number of hydrogen-bond acceptors (Lipinski definition) is 5. The summed E-state index contributed by atoms with van der Waals surface area (Å²) in [6, 6.07) is 7.59. The van der Waals surface area contributed by atoms with Crippen molar-refractivity contribution in [3.8, 4) is 5.75 Å². The van der Waals surface area contributed by atoms with E-state index in [1.165, 1.54) is 42.5 Å². The number of aliphatic hydroxyl groups excluding tert-OH is 1. The van der Waals surface area contributed by atoms with E-state index >= 15 is 0 Å². The van der Waals surface area contributed by atoms with Crippen LogP contribution in [0.5, 0.6) is 5.75 Å². The van der Waals surface area contributed by atoms with Crippen molar-refractivity contribution in [2.75, 3.05) is 38.8 Å². The van der Waals surface area contributed by atoms with E-state index in [4.69, 9.17) is 26.2 Å². The summed E-state index contributed by atoms with van der Waals surface area (Å²) < 4.78 is 23.9. The lowest BCUT2D eigenvalue weighted by Gasteiger charge is -2.32. The molecule has 0 aliphatic carbocycles. The molecular weight excluding hydrogens is 453 g/mol. The number of urea groups is 1. The van der Waals surface area contributed by atoms with Gasteiger partial charge in [0.05, 0.1) is 36.4 Å². The minimum atomic E-state index is -0.783. The van der Waals surface area contributed by atoms with Crippen molar-refractivity contribution in [1.82, 2.24) is 10.2 Å². The molecule has 2 aromatic carbocycles. The maximum absolute atomic E-state index is 13.4. The average Bonchev–Trinajstić information content (AvgIpc) is 2.79. The normalized spacial score (nSPS) is 15.7. The SMILES string of the molecule is COCCN1C=C(C(=O)Nc2cc(OCCO)c(Cl)cc2C)[C@H](c2ccc(F)cc2)NC1=O. The zero-order valence-electron chi connectivity index (χ0n) is 18.2. The van der Waals surface area contributed by atoms with Crippen molar-refractivity contribution in [2.24, 2.45) is 0 Å². The largest absolute Gasteiger partial charge is 0.490 e. The van der Waals surface area contributed by atoms with E-state index in [-0.39, 0.29) is 31.9 Å². The first-order valence-electron chi connectivity index (χ1n) is 10.2. The number of carbonyl (C=O) groups is 2. The van der Waals surface area contributed by atoms with E-state index in [0.717, 1.165) is 0 Å². The molecule has 3 rings (SSSR count). The molecule has 3 amide bonds. The zero-order chi connectivity index (χ0) is 24.0. The summed E-state index contributed by atoms with van der Waals surface area (Å²) in [7, 11) is 1.51. The monoisotopic (exact) mass is 477 g/mol. The average molecular weight is 478 g/mol. The van der Waals surface area contributed by atoms with Crippen LogP contribution in [0, 0.1) is 12.7 Å². The molecule has 1 heterocycles. The summed E-state index contributed by atoms with van der Waals surface area (Å²) in [5.74, 6) is -0.579. The number of carbonyl (C=O) groups excluding carboxylic acids is 2. The third kappa shape index (κ3) is 6.01. The molecule has 0 bridgehead atoms. The molecule has 1 aliphatic heterocycles. The molecule has 0 saturated heterocycles. The molecule has 0 unspecified atom stereocenters. The lowest BCUT2D eigenvalue weighted by Crippen LogP contribution is -2.46. The Kier molecular flexibility index (Phi) is 8.26. The molecule has 8 nitrogen and oxygen atoms in total. The van der Waals surface area contributed by atoms with Crippen molar-refractivity contribution in [1.29, 1.82) is 0 Å². The maximum Gasteiger partial charge on any atom is 0.322 e. The number of nitrogens with one attached hydrogen (secondary N) is 2. The van der Waals surface area contributed by atoms with Gasteiger partial charge in [0.2, 0.25) is 0 Å². The second-order valence-electron chi connectivity index (χ2n) is 7.33. The van der Waals surface area contributed by atoms with Crippen LogP contribution in [0.3, 0.4) is 0 Å². The predicted octanol–water partition coefficient (Wildman–Crippen LogP) is 3.39. The highest BCUT2D eigenvalue weighted by molar-refractivity contribution is 6.32. The van der Waals surface area contributed by atoms with Gasteiger partial charge in [-0.25, -0.2) is 9.18 Å². The van der Waals surface area contributed by atoms with Crippen molar-refractivity contribution in [2.45, 2.75) is 13.0 Å². The smallest absolute Gasteiger partial charge is 0.322 e. The van der Waals surface area contributed by atoms with Gasteiger partial charge in [-0.15, -0.1) is 0 Å². The van der Waals surface area contributed by atoms with Crippen molar-refractivity contribution in [3.05, 3.63) is 70.1 Å². The van der Waals surface area contributed by atoms with Crippen LogP contribution in [0.15, 0.2) is 48.2 Å². The number of rotatable bonds is 9. The van der Waals surface area contributed by atoms with Gasteiger partial charge in [0.1, 0.15) is 18.2 Å². The van der Waals surface area contributed by atoms with Crippen LogP contribution in [0.4, 0.5) is 14.9 Å². The number of aryl methyl sites for hydroxylation is 1. The summed E-state index contributed by atoms with van der Waals surface area (Å²) in [6.07, 6.45) is 1.47. The number of halogens is 2. The van der Waals surface area contributed by atoms with Crippen LogP contribution >= 0.6 is 11.6 Å². The number of ether oxygens (including phenoxy) is 2. The molecule has 176 valence electrons. The number of benzene rings is 2. The zero-order valence-corrected chi connectivity index (χ0v) is 19.0. The van der Waals surface area contributed by atoms with Crippen molar-refractivity contribution < 1.29 is 28.6 Å². The first-order valence-corrected chi connectivity index (χ1v) is 10.6. The summed E-state index contributed by atoms with van der Waals surface area (Å²) in [4.78, 5) is 27.3. The second kappa shape index (κ2) is 11.1. The minimum Gasteiger partial charge on any atom is -0.490 e. The maximum atomic E-state index is 13.4. The molecule has 1 atom stereocenters. The van der Waals surface area contributed by atoms with E-state index in [1.807, 2.05) is 0 Å². The Morgan fingerprint density at radius 1 is 1.27 bits per heavy atom. The molecule has 10 heteroatoms. The van der Waals surface area contributed by atoms with E-state index in [1.54, 1.807) is 19.1 Å². The topological polar surface area (TPSA) is 100 Å². The first-order chi connectivity index (χ1) is 15.8. The van der Waals surface area contributed by atoms with Gasteiger partial charge in [0, 0.05) is 25.1 Å². The van der Waals surface area contributed by atoms with E-state index in [2.05, 4.69) is 10.6 Å². The molecule has 1 aliphatic rings. The lowest BCUT2D eigenvalue weighted by molar-refractivity contribution is -0.113. The highest BCUT2D eigenvalue weighted by atomic mass is 35.5. The van der Waals surface area contributed by atoms with Crippen LogP contribution in [-0.2, 0) is 9.53 Å². The molecule has 0 saturated carbocycles. The summed E-state index contributed by atoms with van der Waals surface area (Å²) in [6.45, 7) is 2.16. The van der Waals surface area contributed by atoms with Crippen molar-refractivity contribution >= 4 is 29.2 Å². The Balaban J connectivity index is 1.93. The van der Waals surface area contributed by atoms with Crippen LogP contribution < -0.4 is 15.4 Å². The van der Waals surface area contributed by atoms with E-state index in [0.29, 0.717) is 27.6 Å². The number of aliphatic hydroxyl groups is 1. The number of hydrogen-bond donors (Lipinski definition) is 3. The predicted molar refractivity (Wildman–Crippen MR) is 122 cm³/mol.